The van der Waals surface area contributed by atoms with Gasteiger partial charge in [-0.1, -0.05) is 12.1 Å². The van der Waals surface area contributed by atoms with Crippen LogP contribution in [-0.2, 0) is 4.79 Å². The molecule has 10 heteroatoms. The molecule has 27 heavy (non-hydrogen) atoms. The number of nitrogens with two attached hydrogens (primary N) is 1. The summed E-state index contributed by atoms with van der Waals surface area (Å²) in [6.45, 7) is 1.46. The van der Waals surface area contributed by atoms with Crippen molar-refractivity contribution in [3.8, 4) is 0 Å². The number of anilines is 1. The third kappa shape index (κ3) is 5.54. The van der Waals surface area contributed by atoms with E-state index in [1.807, 2.05) is 0 Å². The van der Waals surface area contributed by atoms with E-state index in [9.17, 15) is 24.5 Å². The maximum absolute atomic E-state index is 12.3. The van der Waals surface area contributed by atoms with Crippen LogP contribution in [0.5, 0.6) is 0 Å². The van der Waals surface area contributed by atoms with Gasteiger partial charge in [0.15, 0.2) is 0 Å². The Morgan fingerprint density at radius 3 is 2.33 bits per heavy atom. The minimum Gasteiger partial charge on any atom is -0.368 e. The average molecular weight is 388 g/mol. The predicted octanol–water partition coefficient (Wildman–Crippen LogP) is 2.52. The van der Waals surface area contributed by atoms with Gasteiger partial charge in [-0.25, -0.2) is 0 Å². The predicted molar refractivity (Wildman–Crippen MR) is 101 cm³/mol. The van der Waals surface area contributed by atoms with Crippen LogP contribution < -0.4 is 16.4 Å². The maximum Gasteiger partial charge on any atom is 0.288 e. The third-order valence-corrected chi connectivity index (χ3v) is 4.30. The molecule has 0 aromatic heterocycles. The van der Waals surface area contributed by atoms with Gasteiger partial charge in [-0.2, -0.15) is 0 Å². The van der Waals surface area contributed by atoms with Crippen molar-refractivity contribution in [3.05, 3.63) is 64.2 Å². The number of carbonyl (C=O) groups is 3. The molecule has 1 atom stereocenters. The Balaban J connectivity index is 2.08. The van der Waals surface area contributed by atoms with E-state index < -0.39 is 28.0 Å². The highest BCUT2D eigenvalue weighted by Gasteiger charge is 2.18. The van der Waals surface area contributed by atoms with E-state index in [0.29, 0.717) is 10.6 Å². The Kier molecular flexibility index (Phi) is 6.50. The van der Waals surface area contributed by atoms with E-state index in [2.05, 4.69) is 10.6 Å². The Morgan fingerprint density at radius 2 is 1.74 bits per heavy atom. The first-order chi connectivity index (χ1) is 12.8. The minimum atomic E-state index is -0.857. The van der Waals surface area contributed by atoms with Crippen molar-refractivity contribution in [2.75, 3.05) is 5.32 Å². The Labute approximate surface area is 158 Å². The van der Waals surface area contributed by atoms with E-state index in [1.165, 1.54) is 37.3 Å². The lowest BCUT2D eigenvalue weighted by Gasteiger charge is -2.12. The summed E-state index contributed by atoms with van der Waals surface area (Å²) in [5, 5.41) is 15.2. The fourth-order valence-corrected chi connectivity index (χ4v) is 2.78. The van der Waals surface area contributed by atoms with E-state index in [0.717, 1.165) is 11.8 Å². The molecule has 0 aliphatic carbocycles. The van der Waals surface area contributed by atoms with Crippen LogP contribution in [-0.4, -0.2) is 28.0 Å². The minimum absolute atomic E-state index is 0.0914. The van der Waals surface area contributed by atoms with Gasteiger partial charge in [-0.05, 0) is 43.0 Å². The first kappa shape index (κ1) is 19.9. The number of nitro benzene ring substituents is 1. The van der Waals surface area contributed by atoms with Gasteiger partial charge in [0.1, 0.15) is 6.04 Å². The van der Waals surface area contributed by atoms with Crippen LogP contribution in [0.4, 0.5) is 16.2 Å². The largest absolute Gasteiger partial charge is 0.368 e. The SMILES string of the molecule is C[C@H](NC(=O)c1ccccc1SC(=O)Nc1ccc([N+](=O)[O-])cc1)C(N)=O. The fourth-order valence-electron chi connectivity index (χ4n) is 2.00. The van der Waals surface area contributed by atoms with Crippen molar-refractivity contribution in [1.29, 1.82) is 0 Å². The Morgan fingerprint density at radius 1 is 1.11 bits per heavy atom. The summed E-state index contributed by atoms with van der Waals surface area (Å²) in [7, 11) is 0. The molecule has 2 rings (SSSR count). The second kappa shape index (κ2) is 8.81. The van der Waals surface area contributed by atoms with Crippen LogP contribution in [0.15, 0.2) is 53.4 Å². The molecule has 0 unspecified atom stereocenters. The zero-order valence-electron chi connectivity index (χ0n) is 14.2. The highest BCUT2D eigenvalue weighted by Crippen LogP contribution is 2.25. The van der Waals surface area contributed by atoms with Gasteiger partial charge < -0.3 is 16.4 Å². The van der Waals surface area contributed by atoms with Gasteiger partial charge in [0.05, 0.1) is 10.5 Å². The number of primary amides is 1. The van der Waals surface area contributed by atoms with Crippen molar-refractivity contribution < 1.29 is 19.3 Å². The summed E-state index contributed by atoms with van der Waals surface area (Å²) in [6.07, 6.45) is 0. The number of nitrogens with one attached hydrogen (secondary N) is 2. The number of non-ortho nitro benzene ring substituents is 1. The molecule has 0 fully saturated rings. The third-order valence-electron chi connectivity index (χ3n) is 3.43. The fraction of sp³-hybridized carbons (Fsp3) is 0.118. The monoisotopic (exact) mass is 388 g/mol. The molecule has 0 saturated heterocycles. The molecule has 0 aliphatic heterocycles. The highest BCUT2D eigenvalue weighted by atomic mass is 32.2. The van der Waals surface area contributed by atoms with Gasteiger partial charge in [0.2, 0.25) is 5.91 Å². The molecule has 0 bridgehead atoms. The molecule has 0 saturated carbocycles. The number of hydrogen-bond acceptors (Lipinski definition) is 6. The molecule has 9 nitrogen and oxygen atoms in total. The normalized spacial score (nSPS) is 11.3. The van der Waals surface area contributed by atoms with Crippen molar-refractivity contribution in [3.63, 3.8) is 0 Å². The lowest BCUT2D eigenvalue weighted by Crippen LogP contribution is -2.42. The first-order valence-electron chi connectivity index (χ1n) is 7.70. The second-order valence-electron chi connectivity index (χ2n) is 5.41. The van der Waals surface area contributed by atoms with E-state index >= 15 is 0 Å². The number of nitrogens with zero attached hydrogens (tertiary/aromatic N) is 1. The molecule has 0 radical (unpaired) electrons. The summed E-state index contributed by atoms with van der Waals surface area (Å²) in [6, 6.07) is 10.9. The topological polar surface area (TPSA) is 144 Å². The molecule has 0 aliphatic rings. The van der Waals surface area contributed by atoms with Gasteiger partial charge in [0.25, 0.3) is 16.8 Å². The number of hydrogen-bond donors (Lipinski definition) is 3. The van der Waals surface area contributed by atoms with E-state index in [1.54, 1.807) is 18.2 Å². The molecular weight excluding hydrogens is 372 g/mol. The molecule has 3 amide bonds. The summed E-state index contributed by atoms with van der Waals surface area (Å²) in [4.78, 5) is 46.1. The van der Waals surface area contributed by atoms with E-state index in [4.69, 9.17) is 5.73 Å². The molecule has 0 heterocycles. The van der Waals surface area contributed by atoms with Crippen molar-refractivity contribution in [2.24, 2.45) is 5.73 Å². The van der Waals surface area contributed by atoms with E-state index in [-0.39, 0.29) is 11.3 Å². The molecular formula is C17H16N4O5S. The lowest BCUT2D eigenvalue weighted by molar-refractivity contribution is -0.384. The van der Waals surface area contributed by atoms with Crippen LogP contribution in [0.3, 0.4) is 0 Å². The van der Waals surface area contributed by atoms with Gasteiger partial charge >= 0.3 is 0 Å². The van der Waals surface area contributed by atoms with Crippen molar-refractivity contribution in [2.45, 2.75) is 17.9 Å². The number of carbonyl (C=O) groups excluding carboxylic acids is 3. The Hall–Kier alpha value is -3.40. The standard InChI is InChI=1S/C17H16N4O5S/c1-10(15(18)22)19-16(23)13-4-2-3-5-14(13)27-17(24)20-11-6-8-12(9-7-11)21(25)26/h2-10H,1H3,(H2,18,22)(H,19,23)(H,20,24)/t10-/m0/s1. The van der Waals surface area contributed by atoms with Gasteiger partial charge in [-0.15, -0.1) is 0 Å². The highest BCUT2D eigenvalue weighted by molar-refractivity contribution is 8.14. The quantitative estimate of drug-likeness (QED) is 0.394. The average Bonchev–Trinajstić information content (AvgIpc) is 2.62. The van der Waals surface area contributed by atoms with Crippen LogP contribution in [0.25, 0.3) is 0 Å². The molecule has 2 aromatic carbocycles. The van der Waals surface area contributed by atoms with Crippen LogP contribution in [0, 0.1) is 10.1 Å². The van der Waals surface area contributed by atoms with Gasteiger partial charge in [-0.3, -0.25) is 24.5 Å². The zero-order chi connectivity index (χ0) is 20.0. The molecule has 140 valence electrons. The molecule has 0 spiro atoms. The number of amides is 3. The summed E-state index contributed by atoms with van der Waals surface area (Å²) >= 11 is 0.778. The number of benzene rings is 2. The van der Waals surface area contributed by atoms with Crippen LogP contribution in [0.1, 0.15) is 17.3 Å². The number of rotatable bonds is 6. The number of thioether (sulfide) groups is 1. The Bertz CT molecular complexity index is 885. The van der Waals surface area contributed by atoms with Gasteiger partial charge in [0, 0.05) is 22.7 Å². The molecule has 4 N–H and O–H groups in total. The lowest BCUT2D eigenvalue weighted by atomic mass is 10.2. The first-order valence-corrected chi connectivity index (χ1v) is 8.52. The number of nitro groups is 1. The van der Waals surface area contributed by atoms with Crippen molar-refractivity contribution >= 4 is 40.2 Å². The zero-order valence-corrected chi connectivity index (χ0v) is 15.0. The summed E-state index contributed by atoms with van der Waals surface area (Å²) in [5.74, 6) is -1.21. The van der Waals surface area contributed by atoms with Crippen LogP contribution >= 0.6 is 11.8 Å². The smallest absolute Gasteiger partial charge is 0.288 e. The van der Waals surface area contributed by atoms with Crippen LogP contribution in [0.2, 0.25) is 0 Å². The summed E-state index contributed by atoms with van der Waals surface area (Å²) < 4.78 is 0. The molecule has 2 aromatic rings. The summed E-state index contributed by atoms with van der Waals surface area (Å²) in [5.41, 5.74) is 5.63. The second-order valence-corrected chi connectivity index (χ2v) is 6.43. The van der Waals surface area contributed by atoms with Crippen molar-refractivity contribution in [1.82, 2.24) is 5.32 Å². The maximum atomic E-state index is 12.3.